The van der Waals surface area contributed by atoms with E-state index in [0.29, 0.717) is 18.9 Å². The van der Waals surface area contributed by atoms with E-state index in [1.807, 2.05) is 11.6 Å². The molecule has 0 unspecified atom stereocenters. The summed E-state index contributed by atoms with van der Waals surface area (Å²) in [7, 11) is 0. The van der Waals surface area contributed by atoms with Gasteiger partial charge in [-0.15, -0.1) is 0 Å². The van der Waals surface area contributed by atoms with Crippen molar-refractivity contribution in [2.24, 2.45) is 11.7 Å². The summed E-state index contributed by atoms with van der Waals surface area (Å²) in [5.74, 6) is 0.612. The fourth-order valence-corrected chi connectivity index (χ4v) is 3.45. The average Bonchev–Trinajstić information content (AvgIpc) is 3.00. The molecule has 0 aliphatic heterocycles. The van der Waals surface area contributed by atoms with Crippen molar-refractivity contribution in [1.82, 2.24) is 15.1 Å². The minimum atomic E-state index is -0.174. The van der Waals surface area contributed by atoms with Gasteiger partial charge in [0.05, 0.1) is 17.7 Å². The van der Waals surface area contributed by atoms with Crippen molar-refractivity contribution in [2.45, 2.75) is 71.9 Å². The van der Waals surface area contributed by atoms with E-state index in [2.05, 4.69) is 31.2 Å². The highest BCUT2D eigenvalue weighted by Crippen LogP contribution is 2.28. The lowest BCUT2D eigenvalue weighted by atomic mass is 9.97. The Balaban J connectivity index is 2.07. The van der Waals surface area contributed by atoms with Crippen molar-refractivity contribution >= 4 is 5.91 Å². The maximum atomic E-state index is 12.5. The van der Waals surface area contributed by atoms with Crippen molar-refractivity contribution < 1.29 is 4.79 Å². The van der Waals surface area contributed by atoms with E-state index < -0.39 is 0 Å². The Bertz CT molecular complexity index is 527. The molecule has 1 amide bonds. The van der Waals surface area contributed by atoms with Gasteiger partial charge in [-0.2, -0.15) is 5.10 Å². The quantitative estimate of drug-likeness (QED) is 0.845. The number of nitrogens with zero attached hydrogens (tertiary/aromatic N) is 2. The lowest BCUT2D eigenvalue weighted by molar-refractivity contribution is -0.122. The molecule has 1 aromatic heterocycles. The van der Waals surface area contributed by atoms with E-state index in [9.17, 15) is 4.79 Å². The van der Waals surface area contributed by atoms with Crippen molar-refractivity contribution in [3.8, 4) is 0 Å². The molecule has 1 aliphatic carbocycles. The summed E-state index contributed by atoms with van der Waals surface area (Å²) in [5.41, 5.74) is 8.85. The molecule has 1 aliphatic rings. The van der Waals surface area contributed by atoms with Gasteiger partial charge in [-0.1, -0.05) is 26.7 Å². The lowest BCUT2D eigenvalue weighted by Gasteiger charge is -2.28. The van der Waals surface area contributed by atoms with Gasteiger partial charge in [-0.25, -0.2) is 0 Å². The van der Waals surface area contributed by atoms with Crippen LogP contribution in [-0.2, 0) is 17.8 Å². The number of carbonyl (C=O) groups is 1. The second-order valence-electron chi connectivity index (χ2n) is 7.14. The Kier molecular flexibility index (Phi) is 5.27. The standard InChI is InChI=1S/C17H30N4O/c1-12(2)10-21-14(4)15(13(3)20-21)9-16(22)19-17(11-18)7-5-6-8-17/h12H,5-11,18H2,1-4H3,(H,19,22). The summed E-state index contributed by atoms with van der Waals surface area (Å²) in [6.45, 7) is 9.81. The Morgan fingerprint density at radius 3 is 2.55 bits per heavy atom. The summed E-state index contributed by atoms with van der Waals surface area (Å²) >= 11 is 0. The third kappa shape index (κ3) is 3.69. The number of carbonyl (C=O) groups excluding carboxylic acids is 1. The molecule has 124 valence electrons. The van der Waals surface area contributed by atoms with Crippen LogP contribution in [0.4, 0.5) is 0 Å². The third-order valence-electron chi connectivity index (χ3n) is 4.76. The van der Waals surface area contributed by atoms with Crippen LogP contribution in [0.2, 0.25) is 0 Å². The van der Waals surface area contributed by atoms with E-state index in [-0.39, 0.29) is 11.4 Å². The van der Waals surface area contributed by atoms with Gasteiger partial charge in [-0.05, 0) is 32.6 Å². The number of nitrogens with one attached hydrogen (secondary N) is 1. The molecule has 0 saturated heterocycles. The first-order valence-electron chi connectivity index (χ1n) is 8.41. The molecule has 1 fully saturated rings. The SMILES string of the molecule is Cc1nn(CC(C)C)c(C)c1CC(=O)NC1(CN)CCCC1. The highest BCUT2D eigenvalue weighted by Gasteiger charge is 2.34. The summed E-state index contributed by atoms with van der Waals surface area (Å²) in [6, 6.07) is 0. The number of amides is 1. The maximum Gasteiger partial charge on any atom is 0.225 e. The van der Waals surface area contributed by atoms with Crippen LogP contribution < -0.4 is 11.1 Å². The van der Waals surface area contributed by atoms with Crippen LogP contribution in [0.25, 0.3) is 0 Å². The summed E-state index contributed by atoms with van der Waals surface area (Å²) in [4.78, 5) is 12.5. The predicted octanol–water partition coefficient (Wildman–Crippen LogP) is 2.09. The van der Waals surface area contributed by atoms with Crippen LogP contribution in [0.3, 0.4) is 0 Å². The minimum Gasteiger partial charge on any atom is -0.349 e. The van der Waals surface area contributed by atoms with Gasteiger partial charge < -0.3 is 11.1 Å². The molecule has 0 radical (unpaired) electrons. The van der Waals surface area contributed by atoms with Gasteiger partial charge in [0, 0.05) is 24.3 Å². The normalized spacial score (nSPS) is 17.2. The Labute approximate surface area is 133 Å². The van der Waals surface area contributed by atoms with Crippen LogP contribution in [0.5, 0.6) is 0 Å². The molecule has 1 heterocycles. The number of hydrogen-bond acceptors (Lipinski definition) is 3. The number of hydrogen-bond donors (Lipinski definition) is 2. The van der Waals surface area contributed by atoms with Crippen LogP contribution in [0.1, 0.15) is 56.5 Å². The molecule has 0 spiro atoms. The molecule has 2 rings (SSSR count). The first-order chi connectivity index (χ1) is 10.4. The van der Waals surface area contributed by atoms with Crippen LogP contribution in [0.15, 0.2) is 0 Å². The highest BCUT2D eigenvalue weighted by molar-refractivity contribution is 5.80. The van der Waals surface area contributed by atoms with E-state index in [4.69, 9.17) is 5.73 Å². The smallest absolute Gasteiger partial charge is 0.225 e. The maximum absolute atomic E-state index is 12.5. The zero-order valence-electron chi connectivity index (χ0n) is 14.4. The average molecular weight is 306 g/mol. The van der Waals surface area contributed by atoms with Gasteiger partial charge >= 0.3 is 0 Å². The van der Waals surface area contributed by atoms with Gasteiger partial charge in [-0.3, -0.25) is 9.48 Å². The van der Waals surface area contributed by atoms with E-state index in [1.54, 1.807) is 0 Å². The molecule has 1 aromatic rings. The number of aromatic nitrogens is 2. The second-order valence-corrected chi connectivity index (χ2v) is 7.14. The molecule has 3 N–H and O–H groups in total. The second kappa shape index (κ2) is 6.82. The number of rotatable bonds is 6. The van der Waals surface area contributed by atoms with E-state index in [0.717, 1.165) is 49.2 Å². The van der Waals surface area contributed by atoms with Gasteiger partial charge in [0.15, 0.2) is 0 Å². The van der Waals surface area contributed by atoms with E-state index in [1.165, 1.54) is 0 Å². The fraction of sp³-hybridized carbons (Fsp3) is 0.765. The van der Waals surface area contributed by atoms with Gasteiger partial charge in [0.1, 0.15) is 0 Å². The van der Waals surface area contributed by atoms with Gasteiger partial charge in [0.2, 0.25) is 5.91 Å². The highest BCUT2D eigenvalue weighted by atomic mass is 16.1. The molecule has 5 nitrogen and oxygen atoms in total. The summed E-state index contributed by atoms with van der Waals surface area (Å²) < 4.78 is 2.02. The molecule has 22 heavy (non-hydrogen) atoms. The molecular formula is C17H30N4O. The first kappa shape index (κ1) is 17.0. The Hall–Kier alpha value is -1.36. The zero-order valence-corrected chi connectivity index (χ0v) is 14.4. The first-order valence-corrected chi connectivity index (χ1v) is 8.41. The lowest BCUT2D eigenvalue weighted by Crippen LogP contribution is -2.52. The largest absolute Gasteiger partial charge is 0.349 e. The van der Waals surface area contributed by atoms with Crippen LogP contribution >= 0.6 is 0 Å². The summed E-state index contributed by atoms with van der Waals surface area (Å²) in [5, 5.41) is 7.78. The van der Waals surface area contributed by atoms with Crippen molar-refractivity contribution in [1.29, 1.82) is 0 Å². The molecule has 0 aromatic carbocycles. The predicted molar refractivity (Wildman–Crippen MR) is 88.6 cm³/mol. The monoisotopic (exact) mass is 306 g/mol. The molecule has 1 saturated carbocycles. The Morgan fingerprint density at radius 2 is 2.00 bits per heavy atom. The third-order valence-corrected chi connectivity index (χ3v) is 4.76. The number of aryl methyl sites for hydroxylation is 1. The van der Waals surface area contributed by atoms with Crippen LogP contribution in [-0.4, -0.2) is 27.8 Å². The molecule has 0 atom stereocenters. The van der Waals surface area contributed by atoms with Crippen molar-refractivity contribution in [3.63, 3.8) is 0 Å². The molecule has 5 heteroatoms. The topological polar surface area (TPSA) is 72.9 Å². The van der Waals surface area contributed by atoms with Crippen molar-refractivity contribution in [3.05, 3.63) is 17.0 Å². The van der Waals surface area contributed by atoms with Gasteiger partial charge in [0.25, 0.3) is 0 Å². The van der Waals surface area contributed by atoms with Crippen molar-refractivity contribution in [2.75, 3.05) is 6.54 Å². The van der Waals surface area contributed by atoms with Crippen LogP contribution in [0, 0.1) is 19.8 Å². The molecular weight excluding hydrogens is 276 g/mol. The summed E-state index contributed by atoms with van der Waals surface area (Å²) in [6.07, 6.45) is 4.71. The van der Waals surface area contributed by atoms with E-state index >= 15 is 0 Å². The number of nitrogens with two attached hydrogens (primary N) is 1. The fourth-order valence-electron chi connectivity index (χ4n) is 3.45. The Morgan fingerprint density at radius 1 is 1.36 bits per heavy atom. The minimum absolute atomic E-state index is 0.0719. The molecule has 0 bridgehead atoms. The zero-order chi connectivity index (χ0) is 16.3.